The van der Waals surface area contributed by atoms with Crippen LogP contribution in [0.5, 0.6) is 0 Å². The molecule has 88 valence electrons. The molecule has 5 nitrogen and oxygen atoms in total. The fraction of sp³-hybridized carbons (Fsp3) is 0.444. The smallest absolute Gasteiger partial charge is 0.271 e. The zero-order valence-electron chi connectivity index (χ0n) is 8.90. The van der Waals surface area contributed by atoms with E-state index in [1.165, 1.54) is 18.0 Å². The molecule has 0 saturated heterocycles. The quantitative estimate of drug-likeness (QED) is 0.624. The van der Waals surface area contributed by atoms with Crippen molar-refractivity contribution < 1.29 is 9.90 Å². The summed E-state index contributed by atoms with van der Waals surface area (Å²) < 4.78 is 0. The number of carbonyl (C=O) groups excluding carboxylic acids is 1. The summed E-state index contributed by atoms with van der Waals surface area (Å²) in [6.45, 7) is 1.55. The molecule has 7 heteroatoms. The number of aromatic nitrogens is 2. The average Bonchev–Trinajstić information content (AvgIpc) is 2.29. The molecule has 0 aromatic carbocycles. The first-order valence-electron chi connectivity index (χ1n) is 4.56. The van der Waals surface area contributed by atoms with Gasteiger partial charge in [-0.3, -0.25) is 4.79 Å². The molecule has 0 aliphatic heterocycles. The zero-order chi connectivity index (χ0) is 12.1. The van der Waals surface area contributed by atoms with Crippen LogP contribution in [-0.4, -0.2) is 39.9 Å². The molecule has 0 radical (unpaired) electrons. The summed E-state index contributed by atoms with van der Waals surface area (Å²) in [6.07, 6.45) is 3.19. The molecule has 2 N–H and O–H groups in total. The van der Waals surface area contributed by atoms with Crippen LogP contribution in [0.2, 0.25) is 5.02 Å². The minimum Gasteiger partial charge on any atom is -0.394 e. The topological polar surface area (TPSA) is 75.1 Å². The van der Waals surface area contributed by atoms with Crippen molar-refractivity contribution in [2.45, 2.75) is 18.1 Å². The molecule has 1 aromatic heterocycles. The van der Waals surface area contributed by atoms with Crippen molar-refractivity contribution in [3.8, 4) is 0 Å². The van der Waals surface area contributed by atoms with E-state index in [1.807, 2.05) is 0 Å². The molecule has 0 saturated carbocycles. The van der Waals surface area contributed by atoms with E-state index in [-0.39, 0.29) is 23.4 Å². The molecule has 1 rings (SSSR count). The molecule has 1 atom stereocenters. The second-order valence-electron chi connectivity index (χ2n) is 3.11. The van der Waals surface area contributed by atoms with E-state index in [9.17, 15) is 4.79 Å². The van der Waals surface area contributed by atoms with Crippen molar-refractivity contribution >= 4 is 29.3 Å². The molecule has 1 heterocycles. The number of hydrogen-bond acceptors (Lipinski definition) is 5. The van der Waals surface area contributed by atoms with Gasteiger partial charge in [0.15, 0.2) is 10.9 Å². The molecule has 0 fully saturated rings. The van der Waals surface area contributed by atoms with Crippen molar-refractivity contribution in [3.05, 3.63) is 16.9 Å². The van der Waals surface area contributed by atoms with Crippen molar-refractivity contribution in [3.63, 3.8) is 0 Å². The lowest BCUT2D eigenvalue weighted by Gasteiger charge is -2.11. The number of aliphatic hydroxyl groups excluding tert-OH is 1. The number of nitrogens with one attached hydrogen (secondary N) is 1. The highest BCUT2D eigenvalue weighted by atomic mass is 35.5. The predicted octanol–water partition coefficient (Wildman–Crippen LogP) is 0.962. The van der Waals surface area contributed by atoms with E-state index in [4.69, 9.17) is 16.7 Å². The summed E-state index contributed by atoms with van der Waals surface area (Å²) in [4.78, 5) is 19.6. The van der Waals surface area contributed by atoms with Crippen molar-refractivity contribution in [2.75, 3.05) is 12.9 Å². The first kappa shape index (κ1) is 13.2. The normalized spacial score (nSPS) is 12.2. The summed E-state index contributed by atoms with van der Waals surface area (Å²) in [5.74, 6) is -0.413. The number of aliphatic hydroxyl groups is 1. The van der Waals surface area contributed by atoms with E-state index in [2.05, 4.69) is 15.3 Å². The second kappa shape index (κ2) is 6.03. The van der Waals surface area contributed by atoms with Crippen molar-refractivity contribution in [2.24, 2.45) is 0 Å². The summed E-state index contributed by atoms with van der Waals surface area (Å²) in [6, 6.07) is -0.337. The van der Waals surface area contributed by atoms with Gasteiger partial charge in [0.25, 0.3) is 5.91 Å². The van der Waals surface area contributed by atoms with Gasteiger partial charge in [-0.1, -0.05) is 23.4 Å². The van der Waals surface area contributed by atoms with Crippen LogP contribution in [0.1, 0.15) is 17.4 Å². The molecule has 16 heavy (non-hydrogen) atoms. The van der Waals surface area contributed by atoms with Crippen LogP contribution in [-0.2, 0) is 0 Å². The minimum absolute atomic E-state index is 0.126. The van der Waals surface area contributed by atoms with Gasteiger partial charge in [-0.15, -0.1) is 0 Å². The van der Waals surface area contributed by atoms with Gasteiger partial charge in [0, 0.05) is 6.04 Å². The monoisotopic (exact) mass is 261 g/mol. The maximum absolute atomic E-state index is 11.7. The Labute approximate surface area is 103 Å². The van der Waals surface area contributed by atoms with Gasteiger partial charge >= 0.3 is 0 Å². The summed E-state index contributed by atoms with van der Waals surface area (Å²) in [5, 5.41) is 12.1. The minimum atomic E-state index is -0.413. The maximum Gasteiger partial charge on any atom is 0.271 e. The van der Waals surface area contributed by atoms with Gasteiger partial charge in [0.1, 0.15) is 0 Å². The fourth-order valence-corrected chi connectivity index (χ4v) is 1.46. The molecular formula is C9H12ClN3O2S. The highest BCUT2D eigenvalue weighted by Crippen LogP contribution is 2.16. The number of hydrogen-bond donors (Lipinski definition) is 2. The van der Waals surface area contributed by atoms with E-state index in [0.717, 1.165) is 0 Å². The van der Waals surface area contributed by atoms with Crippen LogP contribution >= 0.6 is 23.4 Å². The average molecular weight is 262 g/mol. The van der Waals surface area contributed by atoms with Crippen LogP contribution in [0.25, 0.3) is 0 Å². The third-order valence-electron chi connectivity index (χ3n) is 1.77. The fourth-order valence-electron chi connectivity index (χ4n) is 0.946. The Morgan fingerprint density at radius 1 is 1.75 bits per heavy atom. The number of halogens is 1. The Hall–Kier alpha value is -0.850. The van der Waals surface area contributed by atoms with Gasteiger partial charge in [-0.2, -0.15) is 0 Å². The Balaban J connectivity index is 2.89. The third-order valence-corrected chi connectivity index (χ3v) is 2.61. The second-order valence-corrected chi connectivity index (χ2v) is 4.29. The van der Waals surface area contributed by atoms with E-state index >= 15 is 0 Å². The van der Waals surface area contributed by atoms with Gasteiger partial charge in [0.05, 0.1) is 17.8 Å². The van der Waals surface area contributed by atoms with E-state index in [1.54, 1.807) is 13.2 Å². The highest BCUT2D eigenvalue weighted by Gasteiger charge is 2.15. The molecule has 0 aliphatic carbocycles. The first-order valence-corrected chi connectivity index (χ1v) is 6.17. The van der Waals surface area contributed by atoms with Gasteiger partial charge < -0.3 is 10.4 Å². The van der Waals surface area contributed by atoms with Crippen LogP contribution in [0.15, 0.2) is 11.4 Å². The Morgan fingerprint density at radius 2 is 2.44 bits per heavy atom. The molecule has 0 unspecified atom stereocenters. The first-order chi connectivity index (χ1) is 7.58. The van der Waals surface area contributed by atoms with Crippen molar-refractivity contribution in [1.29, 1.82) is 0 Å². The lowest BCUT2D eigenvalue weighted by molar-refractivity contribution is 0.0916. The summed E-state index contributed by atoms with van der Waals surface area (Å²) in [7, 11) is 0. The Morgan fingerprint density at radius 3 is 3.00 bits per heavy atom. The summed E-state index contributed by atoms with van der Waals surface area (Å²) >= 11 is 7.14. The SMILES string of the molecule is CSc1ncc(Cl)c(C(=O)N[C@H](C)CO)n1. The predicted molar refractivity (Wildman–Crippen MR) is 62.8 cm³/mol. The van der Waals surface area contributed by atoms with Gasteiger partial charge in [0.2, 0.25) is 0 Å². The van der Waals surface area contributed by atoms with Crippen LogP contribution in [0.4, 0.5) is 0 Å². The molecule has 0 bridgehead atoms. The Bertz CT molecular complexity index is 389. The third kappa shape index (κ3) is 3.33. The zero-order valence-corrected chi connectivity index (χ0v) is 10.5. The Kier molecular flexibility index (Phi) is 4.98. The molecule has 0 spiro atoms. The number of thioether (sulfide) groups is 1. The maximum atomic E-state index is 11.7. The summed E-state index contributed by atoms with van der Waals surface area (Å²) in [5.41, 5.74) is 0.126. The number of nitrogens with zero attached hydrogens (tertiary/aromatic N) is 2. The van der Waals surface area contributed by atoms with E-state index < -0.39 is 5.91 Å². The van der Waals surface area contributed by atoms with Crippen LogP contribution < -0.4 is 5.32 Å². The highest BCUT2D eigenvalue weighted by molar-refractivity contribution is 7.98. The van der Waals surface area contributed by atoms with Crippen molar-refractivity contribution in [1.82, 2.24) is 15.3 Å². The largest absolute Gasteiger partial charge is 0.394 e. The van der Waals surface area contributed by atoms with Gasteiger partial charge in [-0.25, -0.2) is 9.97 Å². The molecule has 1 amide bonds. The van der Waals surface area contributed by atoms with Crippen LogP contribution in [0, 0.1) is 0 Å². The standard InChI is InChI=1S/C9H12ClN3O2S/c1-5(4-14)12-8(15)7-6(10)3-11-9(13-7)16-2/h3,5,14H,4H2,1-2H3,(H,12,15)/t5-/m1/s1. The molecule has 1 aromatic rings. The van der Waals surface area contributed by atoms with Gasteiger partial charge in [-0.05, 0) is 13.2 Å². The lowest BCUT2D eigenvalue weighted by atomic mass is 10.3. The van der Waals surface area contributed by atoms with Crippen LogP contribution in [0.3, 0.4) is 0 Å². The molecule has 0 aliphatic rings. The van der Waals surface area contributed by atoms with E-state index in [0.29, 0.717) is 5.16 Å². The number of amides is 1. The number of carbonyl (C=O) groups is 1. The number of rotatable bonds is 4. The molecular weight excluding hydrogens is 250 g/mol. The lowest BCUT2D eigenvalue weighted by Crippen LogP contribution is -2.35.